The molecule has 1 aliphatic carbocycles. The van der Waals surface area contributed by atoms with Crippen molar-refractivity contribution in [3.8, 4) is 5.75 Å². The number of nitrogens with one attached hydrogen (secondary N) is 1. The van der Waals surface area contributed by atoms with Gasteiger partial charge < -0.3 is 15.2 Å². The summed E-state index contributed by atoms with van der Waals surface area (Å²) in [5, 5.41) is 12.6. The summed E-state index contributed by atoms with van der Waals surface area (Å²) in [7, 11) is 0. The van der Waals surface area contributed by atoms with Crippen molar-refractivity contribution in [2.24, 2.45) is 5.92 Å². The number of aliphatic hydroxyl groups excluding tert-OH is 1. The Morgan fingerprint density at radius 1 is 1.33 bits per heavy atom. The van der Waals surface area contributed by atoms with Gasteiger partial charge in [0, 0.05) is 30.0 Å². The van der Waals surface area contributed by atoms with Gasteiger partial charge in [-0.2, -0.15) is 0 Å². The molecular weight excluding hydrogens is 290 g/mol. The molecule has 0 heterocycles. The summed E-state index contributed by atoms with van der Waals surface area (Å²) in [6.07, 6.45) is 5.77. The highest BCUT2D eigenvalue weighted by molar-refractivity contribution is 6.30. The molecule has 0 unspecified atom stereocenters. The van der Waals surface area contributed by atoms with Crippen LogP contribution < -0.4 is 10.1 Å². The van der Waals surface area contributed by atoms with Crippen molar-refractivity contribution in [3.63, 3.8) is 0 Å². The molecule has 114 valence electrons. The predicted octanol–water partition coefficient (Wildman–Crippen LogP) is 2.55. The lowest BCUT2D eigenvalue weighted by Gasteiger charge is -2.12. The zero-order valence-electron chi connectivity index (χ0n) is 11.8. The van der Waals surface area contributed by atoms with Gasteiger partial charge in [0.25, 0.3) is 0 Å². The van der Waals surface area contributed by atoms with Gasteiger partial charge in [-0.25, -0.2) is 0 Å². The van der Waals surface area contributed by atoms with Gasteiger partial charge in [0.2, 0.25) is 5.91 Å². The number of carbonyl (C=O) groups is 1. The normalized spacial score (nSPS) is 20.5. The molecule has 0 saturated carbocycles. The van der Waals surface area contributed by atoms with E-state index in [0.29, 0.717) is 24.5 Å². The molecule has 1 aliphatic rings. The summed E-state index contributed by atoms with van der Waals surface area (Å²) in [5.74, 6) is 0.941. The number of hydrogen-bond acceptors (Lipinski definition) is 3. The van der Waals surface area contributed by atoms with Crippen LogP contribution in [0.5, 0.6) is 5.75 Å². The van der Waals surface area contributed by atoms with Crippen molar-refractivity contribution in [3.05, 3.63) is 41.4 Å². The van der Waals surface area contributed by atoms with E-state index in [0.717, 1.165) is 12.2 Å². The fourth-order valence-corrected chi connectivity index (χ4v) is 2.38. The van der Waals surface area contributed by atoms with Gasteiger partial charge in [-0.3, -0.25) is 4.79 Å². The van der Waals surface area contributed by atoms with Gasteiger partial charge in [0.05, 0.1) is 6.61 Å². The molecule has 5 heteroatoms. The van der Waals surface area contributed by atoms with Crippen LogP contribution >= 0.6 is 11.6 Å². The maximum atomic E-state index is 11.8. The van der Waals surface area contributed by atoms with Crippen LogP contribution in [-0.4, -0.2) is 30.3 Å². The molecular formula is C16H20ClNO3. The van der Waals surface area contributed by atoms with Crippen molar-refractivity contribution >= 4 is 17.5 Å². The van der Waals surface area contributed by atoms with E-state index >= 15 is 0 Å². The number of hydrogen-bond donors (Lipinski definition) is 2. The molecule has 1 amide bonds. The first-order valence-electron chi connectivity index (χ1n) is 7.14. The van der Waals surface area contributed by atoms with Crippen molar-refractivity contribution in [1.82, 2.24) is 5.32 Å². The Labute approximate surface area is 129 Å². The summed E-state index contributed by atoms with van der Waals surface area (Å²) in [6.45, 7) is 0.632. The zero-order chi connectivity index (χ0) is 15.1. The van der Waals surface area contributed by atoms with Gasteiger partial charge in [-0.05, 0) is 37.1 Å². The molecule has 0 spiro atoms. The Kier molecular flexibility index (Phi) is 6.08. The van der Waals surface area contributed by atoms with E-state index in [-0.39, 0.29) is 24.5 Å². The molecule has 2 atom stereocenters. The minimum atomic E-state index is 0.0166. The highest BCUT2D eigenvalue weighted by Crippen LogP contribution is 2.17. The number of ether oxygens (including phenoxy) is 1. The molecule has 1 aromatic rings. The number of carbonyl (C=O) groups excluding carboxylic acids is 1. The molecule has 2 rings (SSSR count). The minimum Gasteiger partial charge on any atom is -0.494 e. The maximum Gasteiger partial charge on any atom is 0.220 e. The van der Waals surface area contributed by atoms with Gasteiger partial charge in [0.15, 0.2) is 0 Å². The summed E-state index contributed by atoms with van der Waals surface area (Å²) < 4.78 is 5.53. The number of halogens is 1. The second-order valence-electron chi connectivity index (χ2n) is 5.14. The SMILES string of the molecule is O=C(CCCOc1ccc(Cl)cc1)N[C@@H]1C=C[C@H](CO)C1. The molecule has 2 N–H and O–H groups in total. The molecule has 0 saturated heterocycles. The summed E-state index contributed by atoms with van der Waals surface area (Å²) in [4.78, 5) is 11.8. The Morgan fingerprint density at radius 2 is 2.10 bits per heavy atom. The Hall–Kier alpha value is -1.52. The van der Waals surface area contributed by atoms with Crippen LogP contribution in [0.25, 0.3) is 0 Å². The second-order valence-corrected chi connectivity index (χ2v) is 5.58. The highest BCUT2D eigenvalue weighted by atomic mass is 35.5. The fraction of sp³-hybridized carbons (Fsp3) is 0.438. The van der Waals surface area contributed by atoms with E-state index in [4.69, 9.17) is 21.4 Å². The molecule has 0 bridgehead atoms. The topological polar surface area (TPSA) is 58.6 Å². The van der Waals surface area contributed by atoms with Crippen LogP contribution in [0.4, 0.5) is 0 Å². The molecule has 21 heavy (non-hydrogen) atoms. The van der Waals surface area contributed by atoms with Gasteiger partial charge in [-0.1, -0.05) is 23.8 Å². The molecule has 0 aliphatic heterocycles. The molecule has 0 aromatic heterocycles. The van der Waals surface area contributed by atoms with Crippen LogP contribution in [0.3, 0.4) is 0 Å². The lowest BCUT2D eigenvalue weighted by molar-refractivity contribution is -0.121. The monoisotopic (exact) mass is 309 g/mol. The third-order valence-electron chi connectivity index (χ3n) is 3.38. The number of amides is 1. The number of benzene rings is 1. The molecule has 0 radical (unpaired) electrons. The van der Waals surface area contributed by atoms with E-state index < -0.39 is 0 Å². The van der Waals surface area contributed by atoms with Crippen LogP contribution in [0, 0.1) is 5.92 Å². The lowest BCUT2D eigenvalue weighted by atomic mass is 10.1. The van der Waals surface area contributed by atoms with Crippen molar-refractivity contribution in [1.29, 1.82) is 0 Å². The molecule has 1 aromatic carbocycles. The molecule has 4 nitrogen and oxygen atoms in total. The minimum absolute atomic E-state index is 0.0166. The van der Waals surface area contributed by atoms with E-state index in [1.54, 1.807) is 24.3 Å². The number of rotatable bonds is 7. The van der Waals surface area contributed by atoms with Gasteiger partial charge in [0.1, 0.15) is 5.75 Å². The molecule has 0 fully saturated rings. The van der Waals surface area contributed by atoms with Crippen LogP contribution in [0.1, 0.15) is 19.3 Å². The van der Waals surface area contributed by atoms with Crippen LogP contribution in [0.15, 0.2) is 36.4 Å². The highest BCUT2D eigenvalue weighted by Gasteiger charge is 2.19. The average molecular weight is 310 g/mol. The van der Waals surface area contributed by atoms with Crippen molar-refractivity contribution in [2.75, 3.05) is 13.2 Å². The quantitative estimate of drug-likeness (QED) is 0.601. The van der Waals surface area contributed by atoms with Crippen molar-refractivity contribution in [2.45, 2.75) is 25.3 Å². The Morgan fingerprint density at radius 3 is 2.76 bits per heavy atom. The standard InChI is InChI=1S/C16H20ClNO3/c17-13-4-7-15(8-5-13)21-9-1-2-16(20)18-14-6-3-12(10-14)11-19/h3-8,12,14,19H,1-2,9-11H2,(H,18,20)/t12-,14+/m0/s1. The summed E-state index contributed by atoms with van der Waals surface area (Å²) >= 11 is 5.79. The fourth-order valence-electron chi connectivity index (χ4n) is 2.25. The van der Waals surface area contributed by atoms with Gasteiger partial charge >= 0.3 is 0 Å². The second kappa shape index (κ2) is 8.05. The average Bonchev–Trinajstić information content (AvgIpc) is 2.93. The van der Waals surface area contributed by atoms with Crippen LogP contribution in [0.2, 0.25) is 5.02 Å². The van der Waals surface area contributed by atoms with E-state index in [1.807, 2.05) is 12.2 Å². The smallest absolute Gasteiger partial charge is 0.220 e. The van der Waals surface area contributed by atoms with E-state index in [1.165, 1.54) is 0 Å². The van der Waals surface area contributed by atoms with E-state index in [9.17, 15) is 4.79 Å². The summed E-state index contributed by atoms with van der Waals surface area (Å²) in [6, 6.07) is 7.20. The van der Waals surface area contributed by atoms with Gasteiger partial charge in [-0.15, -0.1) is 0 Å². The Balaban J connectivity index is 1.59. The largest absolute Gasteiger partial charge is 0.494 e. The van der Waals surface area contributed by atoms with E-state index in [2.05, 4.69) is 5.32 Å². The first-order valence-corrected chi connectivity index (χ1v) is 7.52. The lowest BCUT2D eigenvalue weighted by Crippen LogP contribution is -2.32. The predicted molar refractivity (Wildman–Crippen MR) is 82.4 cm³/mol. The van der Waals surface area contributed by atoms with Crippen LogP contribution in [-0.2, 0) is 4.79 Å². The van der Waals surface area contributed by atoms with Crippen molar-refractivity contribution < 1.29 is 14.6 Å². The first-order chi connectivity index (χ1) is 10.2. The Bertz CT molecular complexity index is 487. The number of aliphatic hydroxyl groups is 1. The zero-order valence-corrected chi connectivity index (χ0v) is 12.6. The summed E-state index contributed by atoms with van der Waals surface area (Å²) in [5.41, 5.74) is 0. The third-order valence-corrected chi connectivity index (χ3v) is 3.64. The maximum absolute atomic E-state index is 11.8. The first kappa shape index (κ1) is 15.9. The third kappa shape index (κ3) is 5.40.